The third kappa shape index (κ3) is 13.3. The molecule has 9 heteroatoms. The lowest BCUT2D eigenvalue weighted by atomic mass is 9.85. The normalized spacial score (nSPS) is 14.9. The summed E-state index contributed by atoms with van der Waals surface area (Å²) in [5.74, 6) is -2.36. The first-order chi connectivity index (χ1) is 23.5. The smallest absolute Gasteiger partial charge is 0.416 e. The number of hydrogen-bond acceptors (Lipinski definition) is 7. The molecule has 1 aliphatic heterocycles. The fourth-order valence-corrected chi connectivity index (χ4v) is 6.04. The standard InChI is InChI=1S/C41H64N2O7/c1-10-11-12-13-14-15-16-17-18-19-20-21-22-23-24-25-33(44)31-26-27-34(49-29(2)3)32(28-31)37(46)42-38(47)35(36(45)40(5,6)7)43-30(4)41(8,9)50-39(43)48/h26-29,35H,4,10-25H2,1-3,5-9H3,(H,42,46,47). The molecule has 3 amide bonds. The highest BCUT2D eigenvalue weighted by atomic mass is 16.6. The molecule has 50 heavy (non-hydrogen) atoms. The maximum Gasteiger partial charge on any atom is 0.416 e. The average molecular weight is 697 g/mol. The summed E-state index contributed by atoms with van der Waals surface area (Å²) < 4.78 is 11.2. The molecular formula is C41H64N2O7. The van der Waals surface area contributed by atoms with Gasteiger partial charge >= 0.3 is 6.09 Å². The number of hydrogen-bond donors (Lipinski definition) is 1. The van der Waals surface area contributed by atoms with Gasteiger partial charge in [0.25, 0.3) is 11.8 Å². The number of rotatable bonds is 23. The number of imide groups is 1. The highest BCUT2D eigenvalue weighted by molar-refractivity contribution is 6.17. The molecule has 1 saturated heterocycles. The average Bonchev–Trinajstić information content (AvgIpc) is 3.23. The number of nitrogens with one attached hydrogen (secondary N) is 1. The number of Topliss-reactive ketones (excluding diaryl/α,β-unsaturated/α-hetero) is 2. The second-order valence-electron chi connectivity index (χ2n) is 15.5. The molecule has 0 bridgehead atoms. The van der Waals surface area contributed by atoms with Crippen LogP contribution in [0.15, 0.2) is 30.5 Å². The van der Waals surface area contributed by atoms with Crippen molar-refractivity contribution >= 4 is 29.5 Å². The molecule has 9 nitrogen and oxygen atoms in total. The Morgan fingerprint density at radius 3 is 1.80 bits per heavy atom. The zero-order chi connectivity index (χ0) is 37.5. The van der Waals surface area contributed by atoms with E-state index in [1.807, 2.05) is 0 Å². The first kappa shape index (κ1) is 42.7. The summed E-state index contributed by atoms with van der Waals surface area (Å²) in [6, 6.07) is 2.92. The number of cyclic esters (lactones) is 1. The highest BCUT2D eigenvalue weighted by Gasteiger charge is 2.51. The molecule has 1 aromatic carbocycles. The number of ketones is 2. The quantitative estimate of drug-likeness (QED) is 0.0687. The first-order valence-electron chi connectivity index (χ1n) is 19.0. The van der Waals surface area contributed by atoms with E-state index < -0.39 is 40.7 Å². The molecule has 1 unspecified atom stereocenters. The lowest BCUT2D eigenvalue weighted by molar-refractivity contribution is -0.138. The molecule has 1 heterocycles. The monoisotopic (exact) mass is 696 g/mol. The van der Waals surface area contributed by atoms with Gasteiger partial charge in [-0.2, -0.15) is 0 Å². The van der Waals surface area contributed by atoms with Crippen LogP contribution >= 0.6 is 0 Å². The predicted molar refractivity (Wildman–Crippen MR) is 198 cm³/mol. The van der Waals surface area contributed by atoms with Gasteiger partial charge in [0.2, 0.25) is 0 Å². The van der Waals surface area contributed by atoms with E-state index in [0.29, 0.717) is 12.0 Å². The SMILES string of the molecule is C=C1N(C(C(=O)NC(=O)c2cc(C(=O)CCCCCCCCCCCCCCCCC)ccc2OC(C)C)C(=O)C(C)(C)C)C(=O)OC1(C)C. The van der Waals surface area contributed by atoms with Gasteiger partial charge in [0.15, 0.2) is 17.6 Å². The van der Waals surface area contributed by atoms with E-state index in [0.717, 1.165) is 24.2 Å². The molecule has 0 saturated carbocycles. The van der Waals surface area contributed by atoms with Crippen molar-refractivity contribution in [3.8, 4) is 5.75 Å². The van der Waals surface area contributed by atoms with Crippen molar-refractivity contribution in [1.82, 2.24) is 10.2 Å². The second kappa shape index (κ2) is 20.4. The van der Waals surface area contributed by atoms with Crippen molar-refractivity contribution in [3.05, 3.63) is 41.6 Å². The van der Waals surface area contributed by atoms with Crippen molar-refractivity contribution in [3.63, 3.8) is 0 Å². The molecule has 1 aliphatic rings. The van der Waals surface area contributed by atoms with Crippen LogP contribution < -0.4 is 10.1 Å². The summed E-state index contributed by atoms with van der Waals surface area (Å²) in [6.45, 7) is 17.8. The fourth-order valence-electron chi connectivity index (χ4n) is 6.04. The number of nitrogens with zero attached hydrogens (tertiary/aromatic N) is 1. The summed E-state index contributed by atoms with van der Waals surface area (Å²) in [7, 11) is 0. The Bertz CT molecular complexity index is 1320. The third-order valence-electron chi connectivity index (χ3n) is 9.17. The number of amides is 3. The number of carbonyl (C=O) groups is 5. The van der Waals surface area contributed by atoms with E-state index in [-0.39, 0.29) is 28.9 Å². The van der Waals surface area contributed by atoms with Crippen LogP contribution in [-0.4, -0.2) is 52.1 Å². The van der Waals surface area contributed by atoms with E-state index in [4.69, 9.17) is 9.47 Å². The zero-order valence-corrected chi connectivity index (χ0v) is 32.2. The van der Waals surface area contributed by atoms with Crippen molar-refractivity contribution in [2.75, 3.05) is 0 Å². The highest BCUT2D eigenvalue weighted by Crippen LogP contribution is 2.35. The number of carbonyl (C=O) groups excluding carboxylic acids is 5. The predicted octanol–water partition coefficient (Wildman–Crippen LogP) is 9.90. The Hall–Kier alpha value is -3.49. The van der Waals surface area contributed by atoms with Crippen LogP contribution in [0.1, 0.15) is 179 Å². The summed E-state index contributed by atoms with van der Waals surface area (Å²) in [5.41, 5.74) is -1.73. The van der Waals surface area contributed by atoms with Crippen LogP contribution in [0.2, 0.25) is 0 Å². The summed E-state index contributed by atoms with van der Waals surface area (Å²) in [4.78, 5) is 67.8. The van der Waals surface area contributed by atoms with Crippen LogP contribution in [0.4, 0.5) is 4.79 Å². The third-order valence-corrected chi connectivity index (χ3v) is 9.17. The second-order valence-corrected chi connectivity index (χ2v) is 15.5. The molecule has 0 aromatic heterocycles. The van der Waals surface area contributed by atoms with E-state index in [2.05, 4.69) is 18.8 Å². The maximum atomic E-state index is 13.7. The Kier molecular flexibility index (Phi) is 17.4. The van der Waals surface area contributed by atoms with Crippen LogP contribution in [0.3, 0.4) is 0 Å². The Morgan fingerprint density at radius 2 is 1.36 bits per heavy atom. The van der Waals surface area contributed by atoms with Gasteiger partial charge in [0, 0.05) is 17.4 Å². The minimum absolute atomic E-state index is 0.0143. The van der Waals surface area contributed by atoms with Gasteiger partial charge < -0.3 is 9.47 Å². The van der Waals surface area contributed by atoms with Crippen LogP contribution in [0.25, 0.3) is 0 Å². The molecule has 1 N–H and O–H groups in total. The summed E-state index contributed by atoms with van der Waals surface area (Å²) in [5, 5.41) is 2.29. The van der Waals surface area contributed by atoms with Gasteiger partial charge in [-0.05, 0) is 52.3 Å². The molecule has 1 atom stereocenters. The number of benzene rings is 1. The van der Waals surface area contributed by atoms with Gasteiger partial charge in [-0.1, -0.05) is 124 Å². The van der Waals surface area contributed by atoms with Crippen molar-refractivity contribution in [2.24, 2.45) is 5.41 Å². The molecule has 0 aliphatic carbocycles. The largest absolute Gasteiger partial charge is 0.490 e. The number of ether oxygens (including phenoxy) is 2. The minimum Gasteiger partial charge on any atom is -0.490 e. The van der Waals surface area contributed by atoms with E-state index in [9.17, 15) is 24.0 Å². The lowest BCUT2D eigenvalue weighted by Crippen LogP contribution is -2.55. The molecule has 1 fully saturated rings. The van der Waals surface area contributed by atoms with Crippen LogP contribution in [0, 0.1) is 5.41 Å². The van der Waals surface area contributed by atoms with Gasteiger partial charge in [0.1, 0.15) is 11.4 Å². The molecule has 0 radical (unpaired) electrons. The van der Waals surface area contributed by atoms with E-state index in [1.165, 1.54) is 83.1 Å². The molecular weight excluding hydrogens is 632 g/mol. The Balaban J connectivity index is 1.98. The van der Waals surface area contributed by atoms with Crippen molar-refractivity contribution in [1.29, 1.82) is 0 Å². The van der Waals surface area contributed by atoms with Gasteiger partial charge in [0.05, 0.1) is 17.4 Å². The zero-order valence-electron chi connectivity index (χ0n) is 32.2. The van der Waals surface area contributed by atoms with Crippen LogP contribution in [0.5, 0.6) is 5.75 Å². The van der Waals surface area contributed by atoms with E-state index in [1.54, 1.807) is 60.6 Å². The minimum atomic E-state index is -1.69. The molecule has 280 valence electrons. The summed E-state index contributed by atoms with van der Waals surface area (Å²) >= 11 is 0. The summed E-state index contributed by atoms with van der Waals surface area (Å²) in [6.07, 6.45) is 17.7. The van der Waals surface area contributed by atoms with Gasteiger partial charge in [-0.15, -0.1) is 0 Å². The van der Waals surface area contributed by atoms with Crippen molar-refractivity contribution < 1.29 is 33.4 Å². The number of unbranched alkanes of at least 4 members (excludes halogenated alkanes) is 14. The van der Waals surface area contributed by atoms with Gasteiger partial charge in [-0.25, -0.2) is 4.79 Å². The fraction of sp³-hybridized carbons (Fsp3) is 0.683. The molecule has 1 aromatic rings. The Morgan fingerprint density at radius 1 is 0.860 bits per heavy atom. The Labute approximate surface area is 301 Å². The van der Waals surface area contributed by atoms with E-state index >= 15 is 0 Å². The molecule has 2 rings (SSSR count). The lowest BCUT2D eigenvalue weighted by Gasteiger charge is -2.30. The topological polar surface area (TPSA) is 119 Å². The van der Waals surface area contributed by atoms with Gasteiger partial charge in [-0.3, -0.25) is 29.4 Å². The molecule has 0 spiro atoms. The van der Waals surface area contributed by atoms with Crippen LogP contribution in [-0.2, 0) is 14.3 Å². The maximum absolute atomic E-state index is 13.7. The van der Waals surface area contributed by atoms with Crippen molar-refractivity contribution in [2.45, 2.75) is 176 Å². The first-order valence-corrected chi connectivity index (χ1v) is 19.0.